The van der Waals surface area contributed by atoms with Crippen molar-refractivity contribution in [3.8, 4) is 0 Å². The summed E-state index contributed by atoms with van der Waals surface area (Å²) in [5.41, 5.74) is 6.20. The van der Waals surface area contributed by atoms with Crippen molar-refractivity contribution in [2.45, 2.75) is 46.1 Å². The van der Waals surface area contributed by atoms with E-state index in [1.807, 2.05) is 13.8 Å². The molecule has 24 heavy (non-hydrogen) atoms. The zero-order valence-corrected chi connectivity index (χ0v) is 14.4. The van der Waals surface area contributed by atoms with Gasteiger partial charge in [-0.15, -0.1) is 13.2 Å². The van der Waals surface area contributed by atoms with E-state index in [0.29, 0.717) is 5.57 Å². The van der Waals surface area contributed by atoms with E-state index in [1.54, 1.807) is 13.0 Å². The SMILES string of the molecule is C/C=C1/CC(=O)N(C2CCC(=O)NC2=O)C(=O)/C1=C/N.C=C.CC.[HH]. The van der Waals surface area contributed by atoms with Gasteiger partial charge in [0.05, 0.1) is 12.0 Å². The first-order chi connectivity index (χ1) is 11.5. The number of hydrogen-bond acceptors (Lipinski definition) is 5. The summed E-state index contributed by atoms with van der Waals surface area (Å²) in [6.07, 6.45) is 3.05. The standard InChI is InChI=1S/C13H15N3O4.C2H6.C2H4.H2/c1-2-7-5-11(18)16(13(20)8(7)6-14)9-3-4-10(17)15-12(9)19;2*1-2;/h2,6,9H,3-5,14H2,1H3,(H,15,17,19);1-2H3;1-2H2;1H/b7-2-,8-6+;;;. The minimum Gasteiger partial charge on any atom is -0.404 e. The summed E-state index contributed by atoms with van der Waals surface area (Å²) in [5.74, 6) is -2.07. The van der Waals surface area contributed by atoms with Crippen LogP contribution in [0.2, 0.25) is 0 Å². The van der Waals surface area contributed by atoms with Crippen LogP contribution in [-0.4, -0.2) is 34.6 Å². The Hall–Kier alpha value is -2.70. The van der Waals surface area contributed by atoms with Crippen molar-refractivity contribution in [1.29, 1.82) is 0 Å². The Morgan fingerprint density at radius 3 is 2.29 bits per heavy atom. The molecule has 0 aromatic rings. The summed E-state index contributed by atoms with van der Waals surface area (Å²) < 4.78 is 0. The molecule has 1 unspecified atom stereocenters. The summed E-state index contributed by atoms with van der Waals surface area (Å²) in [5, 5.41) is 2.14. The molecule has 0 aromatic carbocycles. The van der Waals surface area contributed by atoms with Crippen molar-refractivity contribution in [2.24, 2.45) is 5.73 Å². The molecule has 2 aliphatic heterocycles. The number of likely N-dealkylation sites (tertiary alicyclic amines) is 1. The van der Waals surface area contributed by atoms with Crippen LogP contribution in [0.15, 0.2) is 36.6 Å². The predicted molar refractivity (Wildman–Crippen MR) is 93.4 cm³/mol. The molecule has 0 bridgehead atoms. The smallest absolute Gasteiger partial charge is 0.262 e. The quantitative estimate of drug-likeness (QED) is 0.427. The average molecular weight is 337 g/mol. The van der Waals surface area contributed by atoms with Gasteiger partial charge in [0, 0.05) is 14.0 Å². The zero-order chi connectivity index (χ0) is 18.9. The lowest BCUT2D eigenvalue weighted by molar-refractivity contribution is -0.154. The minimum absolute atomic E-state index is 0. The lowest BCUT2D eigenvalue weighted by Gasteiger charge is -2.35. The van der Waals surface area contributed by atoms with Gasteiger partial charge in [0.2, 0.25) is 17.7 Å². The Balaban J connectivity index is 0. The van der Waals surface area contributed by atoms with E-state index >= 15 is 0 Å². The van der Waals surface area contributed by atoms with Gasteiger partial charge in [-0.05, 0) is 18.9 Å². The average Bonchev–Trinajstić information content (AvgIpc) is 2.59. The van der Waals surface area contributed by atoms with Crippen LogP contribution in [0.4, 0.5) is 0 Å². The number of amides is 4. The third-order valence-corrected chi connectivity index (χ3v) is 3.44. The zero-order valence-electron chi connectivity index (χ0n) is 14.4. The highest BCUT2D eigenvalue weighted by atomic mass is 16.2. The van der Waals surface area contributed by atoms with Crippen LogP contribution in [0.5, 0.6) is 0 Å². The van der Waals surface area contributed by atoms with Crippen molar-refractivity contribution in [3.63, 3.8) is 0 Å². The maximum Gasteiger partial charge on any atom is 0.262 e. The Bertz CT molecular complexity index is 584. The van der Waals surface area contributed by atoms with Crippen LogP contribution < -0.4 is 11.1 Å². The highest BCUT2D eigenvalue weighted by Gasteiger charge is 2.42. The summed E-state index contributed by atoms with van der Waals surface area (Å²) in [4.78, 5) is 48.2. The van der Waals surface area contributed by atoms with Crippen molar-refractivity contribution < 1.29 is 20.6 Å². The fourth-order valence-electron chi connectivity index (χ4n) is 2.40. The summed E-state index contributed by atoms with van der Waals surface area (Å²) >= 11 is 0. The molecule has 0 spiro atoms. The lowest BCUT2D eigenvalue weighted by Crippen LogP contribution is -2.58. The Kier molecular flexibility index (Phi) is 9.00. The maximum atomic E-state index is 12.3. The number of rotatable bonds is 1. The van der Waals surface area contributed by atoms with E-state index in [1.165, 1.54) is 0 Å². The molecular formula is C17H27N3O4. The van der Waals surface area contributed by atoms with E-state index < -0.39 is 29.7 Å². The van der Waals surface area contributed by atoms with Gasteiger partial charge in [-0.2, -0.15) is 0 Å². The van der Waals surface area contributed by atoms with Crippen LogP contribution in [0, 0.1) is 0 Å². The first-order valence-electron chi connectivity index (χ1n) is 7.77. The van der Waals surface area contributed by atoms with E-state index in [4.69, 9.17) is 5.73 Å². The van der Waals surface area contributed by atoms with Crippen LogP contribution >= 0.6 is 0 Å². The van der Waals surface area contributed by atoms with Gasteiger partial charge in [0.25, 0.3) is 5.91 Å². The molecular weight excluding hydrogens is 310 g/mol. The first kappa shape index (κ1) is 21.3. The molecule has 0 saturated carbocycles. The topological polar surface area (TPSA) is 110 Å². The summed E-state index contributed by atoms with van der Waals surface area (Å²) in [6.45, 7) is 11.7. The molecule has 4 amide bonds. The van der Waals surface area contributed by atoms with Gasteiger partial charge in [0.15, 0.2) is 0 Å². The monoisotopic (exact) mass is 337 g/mol. The first-order valence-corrected chi connectivity index (χ1v) is 7.77. The van der Waals surface area contributed by atoms with Crippen molar-refractivity contribution in [1.82, 2.24) is 10.2 Å². The molecule has 2 heterocycles. The second kappa shape index (κ2) is 10.1. The molecule has 0 radical (unpaired) electrons. The van der Waals surface area contributed by atoms with E-state index in [0.717, 1.165) is 11.1 Å². The van der Waals surface area contributed by atoms with Crippen LogP contribution in [0.3, 0.4) is 0 Å². The van der Waals surface area contributed by atoms with Crippen LogP contribution in [0.25, 0.3) is 0 Å². The maximum absolute atomic E-state index is 12.3. The molecule has 134 valence electrons. The molecule has 2 fully saturated rings. The molecule has 0 aliphatic carbocycles. The molecule has 3 N–H and O–H groups in total. The van der Waals surface area contributed by atoms with E-state index in [2.05, 4.69) is 18.5 Å². The molecule has 1 atom stereocenters. The second-order valence-electron chi connectivity index (χ2n) is 4.61. The fourth-order valence-corrected chi connectivity index (χ4v) is 2.40. The number of imide groups is 2. The summed E-state index contributed by atoms with van der Waals surface area (Å²) in [7, 11) is 0. The molecule has 7 nitrogen and oxygen atoms in total. The third kappa shape index (κ3) is 4.41. The van der Waals surface area contributed by atoms with Crippen molar-refractivity contribution >= 4 is 23.6 Å². The van der Waals surface area contributed by atoms with E-state index in [9.17, 15) is 19.2 Å². The second-order valence-corrected chi connectivity index (χ2v) is 4.61. The highest BCUT2D eigenvalue weighted by molar-refractivity contribution is 6.15. The Morgan fingerprint density at radius 1 is 1.25 bits per heavy atom. The number of nitrogens with zero attached hydrogens (tertiary/aromatic N) is 1. The van der Waals surface area contributed by atoms with Gasteiger partial charge in [0.1, 0.15) is 6.04 Å². The number of nitrogens with one attached hydrogen (secondary N) is 1. The Labute approximate surface area is 143 Å². The predicted octanol–water partition coefficient (Wildman–Crippen LogP) is 1.41. The number of carbonyl (C=O) groups excluding carboxylic acids is 4. The minimum atomic E-state index is -0.943. The van der Waals surface area contributed by atoms with Gasteiger partial charge < -0.3 is 5.73 Å². The highest BCUT2D eigenvalue weighted by Crippen LogP contribution is 2.27. The molecule has 0 aromatic heterocycles. The van der Waals surface area contributed by atoms with Gasteiger partial charge in [-0.3, -0.25) is 29.4 Å². The van der Waals surface area contributed by atoms with E-state index in [-0.39, 0.29) is 26.3 Å². The number of piperidine rings is 2. The van der Waals surface area contributed by atoms with Gasteiger partial charge in [-0.25, -0.2) is 0 Å². The van der Waals surface area contributed by atoms with Gasteiger partial charge >= 0.3 is 0 Å². The summed E-state index contributed by atoms with van der Waals surface area (Å²) in [6, 6.07) is -0.943. The third-order valence-electron chi connectivity index (χ3n) is 3.44. The number of carbonyl (C=O) groups is 4. The van der Waals surface area contributed by atoms with Gasteiger partial charge in [-0.1, -0.05) is 19.9 Å². The van der Waals surface area contributed by atoms with Crippen molar-refractivity contribution in [2.75, 3.05) is 0 Å². The number of allylic oxidation sites excluding steroid dienone is 1. The number of hydrogen-bond donors (Lipinski definition) is 2. The molecule has 2 aliphatic rings. The van der Waals surface area contributed by atoms with Crippen LogP contribution in [0.1, 0.15) is 41.5 Å². The largest absolute Gasteiger partial charge is 0.404 e. The fraction of sp³-hybridized carbons (Fsp3) is 0.412. The molecule has 7 heteroatoms. The number of nitrogens with two attached hydrogens (primary N) is 1. The van der Waals surface area contributed by atoms with Crippen LogP contribution in [-0.2, 0) is 19.2 Å². The Morgan fingerprint density at radius 2 is 1.83 bits per heavy atom. The normalized spacial score (nSPS) is 24.0. The lowest BCUT2D eigenvalue weighted by atomic mass is 9.93. The molecule has 2 rings (SSSR count). The van der Waals surface area contributed by atoms with Crippen molar-refractivity contribution in [3.05, 3.63) is 36.6 Å². The molecule has 2 saturated heterocycles.